The molecule has 3 heterocycles. The van der Waals surface area contributed by atoms with Gasteiger partial charge >= 0.3 is 6.09 Å². The Morgan fingerprint density at radius 1 is 1.24 bits per heavy atom. The minimum atomic E-state index is -0.717. The number of aryl methyl sites for hydroxylation is 1. The van der Waals surface area contributed by atoms with E-state index in [1.165, 1.54) is 24.0 Å². The number of rotatable bonds is 2. The molecule has 4 nitrogen and oxygen atoms in total. The first-order valence-corrected chi connectivity index (χ1v) is 10.4. The minimum Gasteiger partial charge on any atom is -0.465 e. The maximum absolute atomic E-state index is 12.5. The largest absolute Gasteiger partial charge is 0.465 e. The summed E-state index contributed by atoms with van der Waals surface area (Å²) in [7, 11) is 0. The number of carboxylic acid groups (broad SMARTS) is 1. The summed E-state index contributed by atoms with van der Waals surface area (Å²) >= 11 is 3.59. The molecule has 1 unspecified atom stereocenters. The molecule has 1 amide bonds. The van der Waals surface area contributed by atoms with Crippen molar-refractivity contribution in [1.82, 2.24) is 9.80 Å². The molecule has 1 aromatic carbocycles. The highest BCUT2D eigenvalue weighted by Crippen LogP contribution is 2.63. The molecule has 0 radical (unpaired) electrons. The Morgan fingerprint density at radius 3 is 2.60 bits per heavy atom. The van der Waals surface area contributed by atoms with E-state index in [1.54, 1.807) is 0 Å². The first kappa shape index (κ1) is 16.1. The molecule has 5 aliphatic rings. The number of fused-ring (bicyclic) bond motifs is 4. The van der Waals surface area contributed by atoms with Gasteiger partial charge in [0.25, 0.3) is 0 Å². The zero-order valence-electron chi connectivity index (χ0n) is 14.5. The van der Waals surface area contributed by atoms with Crippen molar-refractivity contribution in [2.75, 3.05) is 19.6 Å². The molecular weight excluding hydrogens is 380 g/mol. The first-order valence-electron chi connectivity index (χ1n) is 9.59. The van der Waals surface area contributed by atoms with Gasteiger partial charge in [-0.25, -0.2) is 4.79 Å². The molecule has 3 saturated heterocycles. The third kappa shape index (κ3) is 2.54. The molecule has 6 rings (SSSR count). The molecule has 1 spiro atoms. The van der Waals surface area contributed by atoms with Crippen LogP contribution in [0, 0.1) is 11.3 Å². The molecule has 3 aliphatic heterocycles. The highest BCUT2D eigenvalue weighted by molar-refractivity contribution is 9.10. The Bertz CT molecular complexity index is 710. The molecule has 134 valence electrons. The molecule has 25 heavy (non-hydrogen) atoms. The SMILES string of the molecule is O=C(O)N(C1CN2CCC1CC2)[C@@H]1c2ccc(Br)cc2CCC12CC2. The molecule has 1 N–H and O–H groups in total. The predicted molar refractivity (Wildman–Crippen MR) is 99.7 cm³/mol. The third-order valence-corrected chi connectivity index (χ3v) is 7.74. The van der Waals surface area contributed by atoms with E-state index in [0.29, 0.717) is 5.92 Å². The summed E-state index contributed by atoms with van der Waals surface area (Å²) in [6.07, 6.45) is 6.16. The van der Waals surface area contributed by atoms with Gasteiger partial charge in [0.2, 0.25) is 0 Å². The van der Waals surface area contributed by atoms with Crippen LogP contribution in [0.15, 0.2) is 22.7 Å². The van der Waals surface area contributed by atoms with Gasteiger partial charge in [-0.2, -0.15) is 0 Å². The van der Waals surface area contributed by atoms with Gasteiger partial charge in [-0.05, 0) is 86.2 Å². The van der Waals surface area contributed by atoms with Crippen molar-refractivity contribution >= 4 is 22.0 Å². The fourth-order valence-electron chi connectivity index (χ4n) is 5.73. The summed E-state index contributed by atoms with van der Waals surface area (Å²) in [6.45, 7) is 3.22. The van der Waals surface area contributed by atoms with Gasteiger partial charge in [0, 0.05) is 11.0 Å². The zero-order valence-corrected chi connectivity index (χ0v) is 16.0. The smallest absolute Gasteiger partial charge is 0.408 e. The average molecular weight is 405 g/mol. The zero-order chi connectivity index (χ0) is 17.2. The van der Waals surface area contributed by atoms with Gasteiger partial charge in [-0.15, -0.1) is 0 Å². The van der Waals surface area contributed by atoms with Crippen molar-refractivity contribution in [2.45, 2.75) is 50.6 Å². The molecule has 2 atom stereocenters. The molecule has 1 aromatic rings. The molecule has 2 bridgehead atoms. The number of hydrogen-bond donors (Lipinski definition) is 1. The second-order valence-electron chi connectivity index (χ2n) is 8.50. The van der Waals surface area contributed by atoms with E-state index in [9.17, 15) is 9.90 Å². The monoisotopic (exact) mass is 404 g/mol. The Labute approximate surface area is 157 Å². The number of carbonyl (C=O) groups is 1. The maximum atomic E-state index is 12.5. The van der Waals surface area contributed by atoms with Crippen LogP contribution in [0.1, 0.15) is 49.3 Å². The first-order chi connectivity index (χ1) is 12.1. The highest BCUT2D eigenvalue weighted by Gasteiger charge is 2.57. The van der Waals surface area contributed by atoms with Crippen molar-refractivity contribution in [3.63, 3.8) is 0 Å². The number of halogens is 1. The van der Waals surface area contributed by atoms with E-state index in [2.05, 4.69) is 39.0 Å². The van der Waals surface area contributed by atoms with E-state index in [0.717, 1.165) is 49.8 Å². The van der Waals surface area contributed by atoms with E-state index < -0.39 is 6.09 Å². The number of nitrogens with zero attached hydrogens (tertiary/aromatic N) is 2. The molecule has 2 aliphatic carbocycles. The average Bonchev–Trinajstić information content (AvgIpc) is 3.39. The normalized spacial score (nSPS) is 34.6. The molecule has 1 saturated carbocycles. The van der Waals surface area contributed by atoms with Crippen molar-refractivity contribution in [3.05, 3.63) is 33.8 Å². The standard InChI is InChI=1S/C20H25BrN2O2/c21-15-1-2-16-14(11-15)3-6-20(7-8-20)18(16)23(19(24)25)17-12-22-9-4-13(17)5-10-22/h1-2,11,13,17-18H,3-10,12H2,(H,24,25)/t17?,18-/m1/s1. The minimum absolute atomic E-state index is 0.0485. The third-order valence-electron chi connectivity index (χ3n) is 7.24. The molecule has 4 fully saturated rings. The number of amides is 1. The van der Waals surface area contributed by atoms with Crippen LogP contribution in [0.25, 0.3) is 0 Å². The van der Waals surface area contributed by atoms with Crippen LogP contribution in [0.2, 0.25) is 0 Å². The van der Waals surface area contributed by atoms with Gasteiger partial charge in [0.15, 0.2) is 0 Å². The van der Waals surface area contributed by atoms with Crippen LogP contribution in [0.4, 0.5) is 4.79 Å². The highest BCUT2D eigenvalue weighted by atomic mass is 79.9. The van der Waals surface area contributed by atoms with Crippen molar-refractivity contribution in [1.29, 1.82) is 0 Å². The summed E-state index contributed by atoms with van der Waals surface area (Å²) in [5.41, 5.74) is 2.81. The van der Waals surface area contributed by atoms with Crippen molar-refractivity contribution in [2.24, 2.45) is 11.3 Å². The van der Waals surface area contributed by atoms with Gasteiger partial charge in [-0.1, -0.05) is 22.0 Å². The number of benzene rings is 1. The van der Waals surface area contributed by atoms with Gasteiger partial charge in [0.05, 0.1) is 12.1 Å². The lowest BCUT2D eigenvalue weighted by Crippen LogP contribution is -2.60. The Balaban J connectivity index is 1.58. The topological polar surface area (TPSA) is 43.8 Å². The fraction of sp³-hybridized carbons (Fsp3) is 0.650. The predicted octanol–water partition coefficient (Wildman–Crippen LogP) is 4.29. The lowest BCUT2D eigenvalue weighted by atomic mass is 9.74. The van der Waals surface area contributed by atoms with Crippen LogP contribution in [0.5, 0.6) is 0 Å². The summed E-state index contributed by atoms with van der Waals surface area (Å²) in [5, 5.41) is 10.2. The maximum Gasteiger partial charge on any atom is 0.408 e. The summed E-state index contributed by atoms with van der Waals surface area (Å²) in [6, 6.07) is 6.68. The number of hydrogen-bond acceptors (Lipinski definition) is 2. The summed E-state index contributed by atoms with van der Waals surface area (Å²) in [5.74, 6) is 0.540. The van der Waals surface area contributed by atoms with Crippen LogP contribution in [-0.2, 0) is 6.42 Å². The Hall–Kier alpha value is -1.07. The van der Waals surface area contributed by atoms with E-state index in [4.69, 9.17) is 0 Å². The van der Waals surface area contributed by atoms with Crippen LogP contribution in [0.3, 0.4) is 0 Å². The second-order valence-corrected chi connectivity index (χ2v) is 9.42. The summed E-state index contributed by atoms with van der Waals surface area (Å²) in [4.78, 5) is 16.8. The van der Waals surface area contributed by atoms with Crippen LogP contribution < -0.4 is 0 Å². The van der Waals surface area contributed by atoms with Crippen LogP contribution >= 0.6 is 15.9 Å². The van der Waals surface area contributed by atoms with E-state index in [-0.39, 0.29) is 17.5 Å². The van der Waals surface area contributed by atoms with E-state index >= 15 is 0 Å². The lowest BCUT2D eigenvalue weighted by Gasteiger charge is -2.52. The second kappa shape index (κ2) is 5.71. The summed E-state index contributed by atoms with van der Waals surface area (Å²) < 4.78 is 1.10. The quantitative estimate of drug-likeness (QED) is 0.799. The van der Waals surface area contributed by atoms with Gasteiger partial charge < -0.3 is 10.0 Å². The Kier molecular flexibility index (Phi) is 3.69. The molecular formula is C20H25BrN2O2. The lowest BCUT2D eigenvalue weighted by molar-refractivity contribution is -0.0243. The van der Waals surface area contributed by atoms with Gasteiger partial charge in [-0.3, -0.25) is 4.90 Å². The Morgan fingerprint density at radius 2 is 2.00 bits per heavy atom. The van der Waals surface area contributed by atoms with Gasteiger partial charge in [0.1, 0.15) is 0 Å². The van der Waals surface area contributed by atoms with Crippen LogP contribution in [-0.4, -0.2) is 46.7 Å². The number of piperidine rings is 3. The fourth-order valence-corrected chi connectivity index (χ4v) is 6.14. The van der Waals surface area contributed by atoms with E-state index in [1.807, 2.05) is 4.90 Å². The van der Waals surface area contributed by atoms with Crippen molar-refractivity contribution < 1.29 is 9.90 Å². The van der Waals surface area contributed by atoms with Crippen molar-refractivity contribution in [3.8, 4) is 0 Å². The molecule has 0 aromatic heterocycles. The molecule has 5 heteroatoms.